The Kier molecular flexibility index (Phi) is 5.19. The van der Waals surface area contributed by atoms with E-state index in [0.29, 0.717) is 12.1 Å². The van der Waals surface area contributed by atoms with E-state index >= 15 is 0 Å². The number of anilines is 1. The van der Waals surface area contributed by atoms with Gasteiger partial charge in [-0.3, -0.25) is 0 Å². The molecular formula is C16H24Br2N2. The predicted octanol–water partition coefficient (Wildman–Crippen LogP) is 4.81. The van der Waals surface area contributed by atoms with Gasteiger partial charge in [-0.2, -0.15) is 0 Å². The highest BCUT2D eigenvalue weighted by atomic mass is 79.9. The van der Waals surface area contributed by atoms with Gasteiger partial charge in [-0.1, -0.05) is 43.6 Å². The molecule has 0 bridgehead atoms. The zero-order valence-corrected chi connectivity index (χ0v) is 15.9. The van der Waals surface area contributed by atoms with E-state index in [1.807, 2.05) is 0 Å². The highest BCUT2D eigenvalue weighted by Crippen LogP contribution is 2.34. The molecule has 112 valence electrons. The van der Waals surface area contributed by atoms with E-state index in [9.17, 15) is 0 Å². The van der Waals surface area contributed by atoms with Gasteiger partial charge in [0.1, 0.15) is 0 Å². The predicted molar refractivity (Wildman–Crippen MR) is 94.5 cm³/mol. The van der Waals surface area contributed by atoms with Crippen LogP contribution in [0.2, 0.25) is 0 Å². The van der Waals surface area contributed by atoms with E-state index in [0.717, 1.165) is 24.0 Å². The van der Waals surface area contributed by atoms with Crippen molar-refractivity contribution in [2.24, 2.45) is 5.41 Å². The van der Waals surface area contributed by atoms with Crippen molar-refractivity contribution in [3.8, 4) is 0 Å². The van der Waals surface area contributed by atoms with Gasteiger partial charge in [-0.25, -0.2) is 0 Å². The lowest BCUT2D eigenvalue weighted by Crippen LogP contribution is -2.60. The first-order valence-electron chi connectivity index (χ1n) is 7.28. The van der Waals surface area contributed by atoms with Gasteiger partial charge in [0.15, 0.2) is 0 Å². The first kappa shape index (κ1) is 16.3. The van der Waals surface area contributed by atoms with Gasteiger partial charge in [0.2, 0.25) is 0 Å². The average Bonchev–Trinajstić information content (AvgIpc) is 2.37. The molecule has 4 heteroatoms. The number of piperazine rings is 1. The second kappa shape index (κ2) is 6.37. The summed E-state index contributed by atoms with van der Waals surface area (Å²) in [5.74, 6) is 0. The van der Waals surface area contributed by atoms with Crippen LogP contribution in [0.15, 0.2) is 27.1 Å². The largest absolute Gasteiger partial charge is 0.365 e. The molecule has 1 aromatic rings. The van der Waals surface area contributed by atoms with E-state index in [1.165, 1.54) is 10.2 Å². The maximum Gasteiger partial charge on any atom is 0.0514 e. The SMILES string of the molecule is CCC1CNC(C(C)(C)C)CN1c1ccc(Br)cc1Br. The van der Waals surface area contributed by atoms with Crippen LogP contribution in [0.3, 0.4) is 0 Å². The highest BCUT2D eigenvalue weighted by Gasteiger charge is 2.34. The minimum atomic E-state index is 0.277. The Morgan fingerprint density at radius 2 is 2.00 bits per heavy atom. The summed E-state index contributed by atoms with van der Waals surface area (Å²) in [6.07, 6.45) is 1.16. The molecule has 2 nitrogen and oxygen atoms in total. The Morgan fingerprint density at radius 1 is 1.30 bits per heavy atom. The van der Waals surface area contributed by atoms with Crippen LogP contribution >= 0.6 is 31.9 Å². The van der Waals surface area contributed by atoms with Crippen molar-refractivity contribution >= 4 is 37.5 Å². The van der Waals surface area contributed by atoms with Crippen LogP contribution in [0.4, 0.5) is 5.69 Å². The molecule has 2 rings (SSSR count). The number of rotatable bonds is 2. The van der Waals surface area contributed by atoms with Gasteiger partial charge in [-0.05, 0) is 46.0 Å². The third-order valence-corrected chi connectivity index (χ3v) is 5.28. The normalized spacial score (nSPS) is 24.0. The standard InChI is InChI=1S/C16H24Br2N2/c1-5-12-9-19-15(16(2,3)4)10-20(12)14-7-6-11(17)8-13(14)18/h6-8,12,15,19H,5,9-10H2,1-4H3. The fourth-order valence-electron chi connectivity index (χ4n) is 2.75. The molecule has 2 unspecified atom stereocenters. The number of benzene rings is 1. The van der Waals surface area contributed by atoms with Gasteiger partial charge in [-0.15, -0.1) is 0 Å². The summed E-state index contributed by atoms with van der Waals surface area (Å²) in [4.78, 5) is 2.56. The molecule has 2 atom stereocenters. The van der Waals surface area contributed by atoms with Crippen molar-refractivity contribution < 1.29 is 0 Å². The number of hydrogen-bond donors (Lipinski definition) is 1. The summed E-state index contributed by atoms with van der Waals surface area (Å²) in [5.41, 5.74) is 1.58. The van der Waals surface area contributed by atoms with Crippen molar-refractivity contribution in [1.29, 1.82) is 0 Å². The zero-order chi connectivity index (χ0) is 14.9. The molecule has 1 aliphatic rings. The van der Waals surface area contributed by atoms with Crippen LogP contribution in [0.5, 0.6) is 0 Å². The Labute approximate surface area is 139 Å². The highest BCUT2D eigenvalue weighted by molar-refractivity contribution is 9.11. The molecule has 0 amide bonds. The first-order chi connectivity index (χ1) is 9.32. The lowest BCUT2D eigenvalue weighted by atomic mass is 9.84. The number of hydrogen-bond acceptors (Lipinski definition) is 2. The second-order valence-corrected chi connectivity index (χ2v) is 8.41. The fraction of sp³-hybridized carbons (Fsp3) is 0.625. The summed E-state index contributed by atoms with van der Waals surface area (Å²) < 4.78 is 2.28. The van der Waals surface area contributed by atoms with Crippen LogP contribution in [-0.4, -0.2) is 25.2 Å². The fourth-order valence-corrected chi connectivity index (χ4v) is 4.03. The molecule has 1 N–H and O–H groups in total. The molecule has 0 saturated carbocycles. The summed E-state index contributed by atoms with van der Waals surface area (Å²) >= 11 is 7.25. The Hall–Kier alpha value is -0.0600. The maximum atomic E-state index is 3.72. The van der Waals surface area contributed by atoms with Crippen molar-refractivity contribution in [3.63, 3.8) is 0 Å². The van der Waals surface area contributed by atoms with Crippen LogP contribution in [0.1, 0.15) is 34.1 Å². The molecule has 1 heterocycles. The van der Waals surface area contributed by atoms with E-state index in [2.05, 4.69) is 88.0 Å². The van der Waals surface area contributed by atoms with E-state index in [1.54, 1.807) is 0 Å². The average molecular weight is 404 g/mol. The van der Waals surface area contributed by atoms with Gasteiger partial charge in [0.05, 0.1) is 5.69 Å². The topological polar surface area (TPSA) is 15.3 Å². The minimum Gasteiger partial charge on any atom is -0.365 e. The first-order valence-corrected chi connectivity index (χ1v) is 8.86. The quantitative estimate of drug-likeness (QED) is 0.761. The molecule has 1 fully saturated rings. The Balaban J connectivity index is 2.29. The van der Waals surface area contributed by atoms with Gasteiger partial charge >= 0.3 is 0 Å². The van der Waals surface area contributed by atoms with E-state index < -0.39 is 0 Å². The summed E-state index contributed by atoms with van der Waals surface area (Å²) in [6.45, 7) is 11.3. The number of halogens is 2. The summed E-state index contributed by atoms with van der Waals surface area (Å²) in [5, 5.41) is 3.72. The summed E-state index contributed by atoms with van der Waals surface area (Å²) in [6, 6.07) is 7.55. The van der Waals surface area contributed by atoms with Crippen LogP contribution in [-0.2, 0) is 0 Å². The molecule has 0 aromatic heterocycles. The van der Waals surface area contributed by atoms with E-state index in [4.69, 9.17) is 0 Å². The van der Waals surface area contributed by atoms with Gasteiger partial charge in [0.25, 0.3) is 0 Å². The molecular weight excluding hydrogens is 380 g/mol. The third kappa shape index (κ3) is 3.58. The molecule has 20 heavy (non-hydrogen) atoms. The molecule has 0 spiro atoms. The summed E-state index contributed by atoms with van der Waals surface area (Å²) in [7, 11) is 0. The lowest BCUT2D eigenvalue weighted by molar-refractivity contribution is 0.233. The van der Waals surface area contributed by atoms with Crippen LogP contribution in [0, 0.1) is 5.41 Å². The maximum absolute atomic E-state index is 3.72. The van der Waals surface area contributed by atoms with Gasteiger partial charge < -0.3 is 10.2 Å². The van der Waals surface area contributed by atoms with E-state index in [-0.39, 0.29) is 5.41 Å². The molecule has 1 aromatic carbocycles. The van der Waals surface area contributed by atoms with Crippen molar-refractivity contribution in [1.82, 2.24) is 5.32 Å². The molecule has 0 aliphatic carbocycles. The smallest absolute Gasteiger partial charge is 0.0514 e. The third-order valence-electron chi connectivity index (χ3n) is 4.16. The zero-order valence-electron chi connectivity index (χ0n) is 12.7. The van der Waals surface area contributed by atoms with Crippen molar-refractivity contribution in [3.05, 3.63) is 27.1 Å². The lowest BCUT2D eigenvalue weighted by Gasteiger charge is -2.46. The molecule has 1 saturated heterocycles. The minimum absolute atomic E-state index is 0.277. The number of nitrogens with zero attached hydrogens (tertiary/aromatic N) is 1. The second-order valence-electron chi connectivity index (χ2n) is 6.64. The van der Waals surface area contributed by atoms with Gasteiger partial charge in [0, 0.05) is 34.1 Å². The van der Waals surface area contributed by atoms with Crippen molar-refractivity contribution in [2.75, 3.05) is 18.0 Å². The molecule has 0 radical (unpaired) electrons. The number of nitrogens with one attached hydrogen (secondary N) is 1. The van der Waals surface area contributed by atoms with Crippen LogP contribution in [0.25, 0.3) is 0 Å². The van der Waals surface area contributed by atoms with Crippen LogP contribution < -0.4 is 10.2 Å². The Morgan fingerprint density at radius 3 is 2.55 bits per heavy atom. The van der Waals surface area contributed by atoms with Crippen molar-refractivity contribution in [2.45, 2.75) is 46.2 Å². The molecule has 1 aliphatic heterocycles. The Bertz CT molecular complexity index is 468. The monoisotopic (exact) mass is 402 g/mol.